The number of rotatable bonds is 3. The Kier molecular flexibility index (Phi) is 4.09. The molecule has 104 valence electrons. The number of aryl methyl sites for hydroxylation is 1. The van der Waals surface area contributed by atoms with Gasteiger partial charge < -0.3 is 10.6 Å². The first-order valence-electron chi connectivity index (χ1n) is 6.20. The lowest BCUT2D eigenvalue weighted by molar-refractivity contribution is -0.129. The summed E-state index contributed by atoms with van der Waals surface area (Å²) in [6.45, 7) is 1.25. The van der Waals surface area contributed by atoms with Gasteiger partial charge in [-0.1, -0.05) is 0 Å². The summed E-state index contributed by atoms with van der Waals surface area (Å²) in [5.74, 6) is -0.533. The first-order chi connectivity index (χ1) is 9.02. The molecule has 1 saturated heterocycles. The number of carbonyl (C=O) groups is 2. The van der Waals surface area contributed by atoms with Gasteiger partial charge in [0.1, 0.15) is 5.88 Å². The van der Waals surface area contributed by atoms with Crippen molar-refractivity contribution in [1.29, 1.82) is 0 Å². The number of aromatic nitrogens is 2. The van der Waals surface area contributed by atoms with Gasteiger partial charge in [-0.15, -0.1) is 11.6 Å². The van der Waals surface area contributed by atoms with E-state index in [1.165, 1.54) is 0 Å². The molecule has 1 atom stereocenters. The number of hydrogen-bond acceptors (Lipinski definition) is 3. The summed E-state index contributed by atoms with van der Waals surface area (Å²) < 4.78 is 1.58. The van der Waals surface area contributed by atoms with Crippen LogP contribution in [0.1, 0.15) is 34.8 Å². The Morgan fingerprint density at radius 3 is 2.95 bits per heavy atom. The summed E-state index contributed by atoms with van der Waals surface area (Å²) in [7, 11) is 1.75. The molecule has 2 N–H and O–H groups in total. The molecule has 0 saturated carbocycles. The summed E-state index contributed by atoms with van der Waals surface area (Å²) in [5, 5.41) is 4.32. The second kappa shape index (κ2) is 5.61. The molecule has 1 aromatic rings. The fourth-order valence-electron chi connectivity index (χ4n) is 2.51. The predicted molar refractivity (Wildman–Crippen MR) is 71.0 cm³/mol. The van der Waals surface area contributed by atoms with Crippen LogP contribution in [0.15, 0.2) is 6.20 Å². The minimum absolute atomic E-state index is 0.0163. The van der Waals surface area contributed by atoms with E-state index < -0.39 is 5.91 Å². The monoisotopic (exact) mass is 284 g/mol. The van der Waals surface area contributed by atoms with Crippen LogP contribution < -0.4 is 5.73 Å². The van der Waals surface area contributed by atoms with E-state index in [2.05, 4.69) is 5.10 Å². The van der Waals surface area contributed by atoms with Gasteiger partial charge in [-0.25, -0.2) is 0 Å². The average Bonchev–Trinajstić information content (AvgIpc) is 2.80. The van der Waals surface area contributed by atoms with Crippen molar-refractivity contribution in [3.8, 4) is 0 Å². The van der Waals surface area contributed by atoms with Crippen LogP contribution in [0.4, 0.5) is 0 Å². The van der Waals surface area contributed by atoms with E-state index in [0.717, 1.165) is 12.8 Å². The third-order valence-electron chi connectivity index (χ3n) is 3.40. The number of likely N-dealkylation sites (tertiary alicyclic amines) is 1. The predicted octanol–water partition coefficient (Wildman–Crippen LogP) is 0.464. The number of nitrogens with zero attached hydrogens (tertiary/aromatic N) is 3. The number of hydrogen-bond donors (Lipinski definition) is 1. The summed E-state index contributed by atoms with van der Waals surface area (Å²) in [4.78, 5) is 24.8. The van der Waals surface area contributed by atoms with E-state index in [4.69, 9.17) is 17.3 Å². The molecule has 1 unspecified atom stereocenters. The third kappa shape index (κ3) is 2.89. The molecule has 0 spiro atoms. The quantitative estimate of drug-likeness (QED) is 0.819. The second-order valence-corrected chi connectivity index (χ2v) is 5.05. The van der Waals surface area contributed by atoms with Crippen LogP contribution in [0.2, 0.25) is 0 Å². The zero-order chi connectivity index (χ0) is 14.0. The van der Waals surface area contributed by atoms with Gasteiger partial charge in [-0.3, -0.25) is 14.3 Å². The van der Waals surface area contributed by atoms with Crippen molar-refractivity contribution in [1.82, 2.24) is 14.7 Å². The average molecular weight is 285 g/mol. The van der Waals surface area contributed by atoms with Crippen LogP contribution in [0.5, 0.6) is 0 Å². The highest BCUT2D eigenvalue weighted by Gasteiger charge is 2.28. The minimum Gasteiger partial charge on any atom is -0.365 e. The van der Waals surface area contributed by atoms with Crippen molar-refractivity contribution in [3.05, 3.63) is 17.5 Å². The summed E-state index contributed by atoms with van der Waals surface area (Å²) >= 11 is 5.58. The maximum absolute atomic E-state index is 11.6. The lowest BCUT2D eigenvalue weighted by Gasteiger charge is -2.31. The highest BCUT2D eigenvalue weighted by Crippen LogP contribution is 2.28. The molecule has 6 nitrogen and oxygen atoms in total. The van der Waals surface area contributed by atoms with Crippen molar-refractivity contribution < 1.29 is 9.59 Å². The zero-order valence-electron chi connectivity index (χ0n) is 10.8. The normalized spacial score (nSPS) is 19.5. The SMILES string of the molecule is Cn1cc(C(N)=O)c(C2CCCN(C(=O)CCl)C2)n1. The van der Waals surface area contributed by atoms with E-state index in [1.807, 2.05) is 0 Å². The summed E-state index contributed by atoms with van der Waals surface area (Å²) in [5.41, 5.74) is 6.48. The molecule has 7 heteroatoms. The third-order valence-corrected chi connectivity index (χ3v) is 3.63. The van der Waals surface area contributed by atoms with Crippen molar-refractivity contribution in [2.75, 3.05) is 19.0 Å². The molecule has 0 bridgehead atoms. The minimum atomic E-state index is -0.483. The van der Waals surface area contributed by atoms with Gasteiger partial charge in [0.2, 0.25) is 5.91 Å². The molecule has 2 heterocycles. The molecule has 19 heavy (non-hydrogen) atoms. The smallest absolute Gasteiger partial charge is 0.252 e. The number of alkyl halides is 1. The molecule has 2 rings (SSSR count). The van der Waals surface area contributed by atoms with Crippen molar-refractivity contribution in [2.24, 2.45) is 12.8 Å². The number of halogens is 1. The Morgan fingerprint density at radius 1 is 1.58 bits per heavy atom. The van der Waals surface area contributed by atoms with Gasteiger partial charge >= 0.3 is 0 Å². The largest absolute Gasteiger partial charge is 0.365 e. The standard InChI is InChI=1S/C12H17ClN4O2/c1-16-7-9(12(14)19)11(15-16)8-3-2-4-17(6-8)10(18)5-13/h7-8H,2-6H2,1H3,(H2,14,19). The van der Waals surface area contributed by atoms with E-state index >= 15 is 0 Å². The van der Waals surface area contributed by atoms with Crippen molar-refractivity contribution in [3.63, 3.8) is 0 Å². The van der Waals surface area contributed by atoms with Gasteiger partial charge in [-0.2, -0.15) is 5.10 Å². The maximum Gasteiger partial charge on any atom is 0.252 e. The Hall–Kier alpha value is -1.56. The van der Waals surface area contributed by atoms with Gasteiger partial charge in [0.25, 0.3) is 5.91 Å². The van der Waals surface area contributed by atoms with E-state index in [9.17, 15) is 9.59 Å². The van der Waals surface area contributed by atoms with Gasteiger partial charge in [0, 0.05) is 32.3 Å². The number of primary amides is 1. The van der Waals surface area contributed by atoms with Crippen LogP contribution in [-0.2, 0) is 11.8 Å². The number of nitrogens with two attached hydrogens (primary N) is 1. The summed E-state index contributed by atoms with van der Waals surface area (Å²) in [6, 6.07) is 0. The van der Waals surface area contributed by atoms with Gasteiger partial charge in [-0.05, 0) is 12.8 Å². The van der Waals surface area contributed by atoms with Gasteiger partial charge in [0.05, 0.1) is 11.3 Å². The van der Waals surface area contributed by atoms with Crippen molar-refractivity contribution >= 4 is 23.4 Å². The first-order valence-corrected chi connectivity index (χ1v) is 6.73. The number of amides is 2. The highest BCUT2D eigenvalue weighted by atomic mass is 35.5. The molecule has 1 aromatic heterocycles. The zero-order valence-corrected chi connectivity index (χ0v) is 11.6. The van der Waals surface area contributed by atoms with Crippen LogP contribution >= 0.6 is 11.6 Å². The molecular weight excluding hydrogens is 268 g/mol. The first kappa shape index (κ1) is 13.9. The van der Waals surface area contributed by atoms with Crippen LogP contribution in [0.3, 0.4) is 0 Å². The molecule has 1 aliphatic rings. The van der Waals surface area contributed by atoms with E-state index in [-0.39, 0.29) is 17.7 Å². The Labute approximate surface area is 116 Å². The van der Waals surface area contributed by atoms with E-state index in [1.54, 1.807) is 22.8 Å². The number of piperidine rings is 1. The molecule has 0 radical (unpaired) electrons. The fraction of sp³-hybridized carbons (Fsp3) is 0.583. The van der Waals surface area contributed by atoms with Gasteiger partial charge in [0.15, 0.2) is 0 Å². The lowest BCUT2D eigenvalue weighted by Crippen LogP contribution is -2.40. The second-order valence-electron chi connectivity index (χ2n) is 4.78. The molecule has 1 fully saturated rings. The van der Waals surface area contributed by atoms with Crippen LogP contribution in [0, 0.1) is 0 Å². The fourth-order valence-corrected chi connectivity index (χ4v) is 2.68. The Bertz CT molecular complexity index is 500. The lowest BCUT2D eigenvalue weighted by atomic mass is 9.92. The molecule has 0 aromatic carbocycles. The molecule has 0 aliphatic carbocycles. The van der Waals surface area contributed by atoms with E-state index in [0.29, 0.717) is 24.3 Å². The molecular formula is C12H17ClN4O2. The number of carbonyl (C=O) groups excluding carboxylic acids is 2. The Morgan fingerprint density at radius 2 is 2.32 bits per heavy atom. The highest BCUT2D eigenvalue weighted by molar-refractivity contribution is 6.27. The Balaban J connectivity index is 2.22. The van der Waals surface area contributed by atoms with Crippen molar-refractivity contribution in [2.45, 2.75) is 18.8 Å². The molecule has 1 aliphatic heterocycles. The molecule has 2 amide bonds. The summed E-state index contributed by atoms with van der Waals surface area (Å²) in [6.07, 6.45) is 3.39. The topological polar surface area (TPSA) is 81.2 Å². The maximum atomic E-state index is 11.6. The van der Waals surface area contributed by atoms with Crippen LogP contribution in [-0.4, -0.2) is 45.5 Å². The van der Waals surface area contributed by atoms with Crippen LogP contribution in [0.25, 0.3) is 0 Å².